The number of aliphatic hydroxyl groups is 1. The summed E-state index contributed by atoms with van der Waals surface area (Å²) in [7, 11) is 0. The van der Waals surface area contributed by atoms with Crippen LogP contribution in [0.1, 0.15) is 25.0 Å². The number of halogens is 1. The Morgan fingerprint density at radius 1 is 1.56 bits per heavy atom. The lowest BCUT2D eigenvalue weighted by atomic mass is 10.1. The zero-order valence-electron chi connectivity index (χ0n) is 9.15. The van der Waals surface area contributed by atoms with Crippen LogP contribution in [0.5, 0.6) is 5.75 Å². The van der Waals surface area contributed by atoms with Crippen molar-refractivity contribution in [3.05, 3.63) is 28.8 Å². The highest BCUT2D eigenvalue weighted by Gasteiger charge is 2.19. The van der Waals surface area contributed by atoms with Gasteiger partial charge in [-0.25, -0.2) is 0 Å². The van der Waals surface area contributed by atoms with Gasteiger partial charge in [0.25, 0.3) is 0 Å². The molecule has 1 saturated heterocycles. The van der Waals surface area contributed by atoms with E-state index >= 15 is 0 Å². The van der Waals surface area contributed by atoms with E-state index in [2.05, 4.69) is 0 Å². The molecule has 0 radical (unpaired) electrons. The summed E-state index contributed by atoms with van der Waals surface area (Å²) in [6.45, 7) is 3.05. The van der Waals surface area contributed by atoms with Crippen molar-refractivity contribution in [3.8, 4) is 5.75 Å². The summed E-state index contributed by atoms with van der Waals surface area (Å²) in [5.74, 6) is 0.690. The molecule has 0 saturated carbocycles. The van der Waals surface area contributed by atoms with Crippen LogP contribution in [0, 0.1) is 0 Å². The molecule has 0 spiro atoms. The molecule has 2 rings (SSSR count). The van der Waals surface area contributed by atoms with E-state index in [9.17, 15) is 5.11 Å². The first-order valence-corrected chi connectivity index (χ1v) is 5.76. The molecule has 88 valence electrons. The van der Waals surface area contributed by atoms with Gasteiger partial charge in [0.2, 0.25) is 0 Å². The molecule has 1 N–H and O–H groups in total. The van der Waals surface area contributed by atoms with Crippen molar-refractivity contribution in [1.82, 2.24) is 0 Å². The fourth-order valence-electron chi connectivity index (χ4n) is 1.74. The number of rotatable bonds is 3. The highest BCUT2D eigenvalue weighted by atomic mass is 35.5. The minimum atomic E-state index is -0.587. The topological polar surface area (TPSA) is 38.7 Å². The van der Waals surface area contributed by atoms with Crippen molar-refractivity contribution in [1.29, 1.82) is 0 Å². The Bertz CT molecular complexity index is 359. The molecule has 3 nitrogen and oxygen atoms in total. The van der Waals surface area contributed by atoms with Crippen LogP contribution in [0.2, 0.25) is 5.02 Å². The van der Waals surface area contributed by atoms with Crippen molar-refractivity contribution in [2.75, 3.05) is 13.2 Å². The Hall–Kier alpha value is -0.770. The van der Waals surface area contributed by atoms with Gasteiger partial charge in [-0.1, -0.05) is 11.6 Å². The van der Waals surface area contributed by atoms with Crippen LogP contribution < -0.4 is 4.74 Å². The summed E-state index contributed by atoms with van der Waals surface area (Å²) in [4.78, 5) is 0. The standard InChI is InChI=1S/C12H15ClO3/c1-8(14)11-6-9(13)2-3-12(11)16-10-4-5-15-7-10/h2-3,6,8,10,14H,4-5,7H2,1H3. The van der Waals surface area contributed by atoms with Crippen LogP contribution >= 0.6 is 11.6 Å². The van der Waals surface area contributed by atoms with Crippen LogP contribution in [0.3, 0.4) is 0 Å². The SMILES string of the molecule is CC(O)c1cc(Cl)ccc1OC1CCOC1. The molecule has 2 unspecified atom stereocenters. The first-order chi connectivity index (χ1) is 7.66. The van der Waals surface area contributed by atoms with Crippen molar-refractivity contribution in [2.45, 2.75) is 25.6 Å². The molecule has 1 fully saturated rings. The first-order valence-electron chi connectivity index (χ1n) is 5.38. The number of hydrogen-bond donors (Lipinski definition) is 1. The smallest absolute Gasteiger partial charge is 0.125 e. The molecule has 4 heteroatoms. The van der Waals surface area contributed by atoms with Crippen LogP contribution in [-0.4, -0.2) is 24.4 Å². The molecular weight excluding hydrogens is 228 g/mol. The molecule has 1 aromatic carbocycles. The van der Waals surface area contributed by atoms with Gasteiger partial charge in [0, 0.05) is 17.0 Å². The highest BCUT2D eigenvalue weighted by molar-refractivity contribution is 6.30. The van der Waals surface area contributed by atoms with E-state index in [4.69, 9.17) is 21.1 Å². The molecule has 0 amide bonds. The number of benzene rings is 1. The maximum absolute atomic E-state index is 9.63. The van der Waals surface area contributed by atoms with Crippen LogP contribution in [0.15, 0.2) is 18.2 Å². The van der Waals surface area contributed by atoms with Gasteiger partial charge in [0.15, 0.2) is 0 Å². The molecule has 1 aliphatic heterocycles. The van der Waals surface area contributed by atoms with Gasteiger partial charge < -0.3 is 14.6 Å². The monoisotopic (exact) mass is 242 g/mol. The van der Waals surface area contributed by atoms with Crippen LogP contribution in [0.25, 0.3) is 0 Å². The van der Waals surface area contributed by atoms with Gasteiger partial charge >= 0.3 is 0 Å². The number of ether oxygens (including phenoxy) is 2. The molecule has 0 aromatic heterocycles. The van der Waals surface area contributed by atoms with Crippen molar-refractivity contribution in [2.24, 2.45) is 0 Å². The third-order valence-electron chi connectivity index (χ3n) is 2.60. The first kappa shape index (κ1) is 11.7. The van der Waals surface area contributed by atoms with Crippen molar-refractivity contribution in [3.63, 3.8) is 0 Å². The molecule has 2 atom stereocenters. The van der Waals surface area contributed by atoms with E-state index in [1.165, 1.54) is 0 Å². The van der Waals surface area contributed by atoms with Gasteiger partial charge in [-0.05, 0) is 25.1 Å². The largest absolute Gasteiger partial charge is 0.488 e. The third kappa shape index (κ3) is 2.67. The van der Waals surface area contributed by atoms with E-state index in [1.807, 2.05) is 0 Å². The Balaban J connectivity index is 2.18. The quantitative estimate of drug-likeness (QED) is 0.886. The molecule has 0 bridgehead atoms. The Kier molecular flexibility index (Phi) is 3.69. The second-order valence-electron chi connectivity index (χ2n) is 3.96. The summed E-state index contributed by atoms with van der Waals surface area (Å²) < 4.78 is 11.0. The Morgan fingerprint density at radius 2 is 2.38 bits per heavy atom. The number of aliphatic hydroxyl groups excluding tert-OH is 1. The zero-order chi connectivity index (χ0) is 11.5. The fourth-order valence-corrected chi connectivity index (χ4v) is 1.92. The van der Waals surface area contributed by atoms with Crippen molar-refractivity contribution < 1.29 is 14.6 Å². The Morgan fingerprint density at radius 3 is 3.00 bits per heavy atom. The minimum Gasteiger partial charge on any atom is -0.488 e. The van der Waals surface area contributed by atoms with Crippen LogP contribution in [0.4, 0.5) is 0 Å². The van der Waals surface area contributed by atoms with E-state index in [0.717, 1.165) is 18.6 Å². The predicted molar refractivity (Wildman–Crippen MR) is 61.9 cm³/mol. The van der Waals surface area contributed by atoms with E-state index in [-0.39, 0.29) is 6.10 Å². The van der Waals surface area contributed by atoms with E-state index in [0.29, 0.717) is 17.4 Å². The summed E-state index contributed by atoms with van der Waals surface area (Å²) in [5, 5.41) is 10.2. The van der Waals surface area contributed by atoms with E-state index < -0.39 is 6.10 Å². The normalized spacial score (nSPS) is 22.1. The van der Waals surface area contributed by atoms with Crippen molar-refractivity contribution >= 4 is 11.6 Å². The molecule has 16 heavy (non-hydrogen) atoms. The average molecular weight is 243 g/mol. The maximum Gasteiger partial charge on any atom is 0.125 e. The molecule has 1 heterocycles. The molecular formula is C12H15ClO3. The summed E-state index contributed by atoms with van der Waals surface area (Å²) in [6.07, 6.45) is 0.386. The number of hydrogen-bond acceptors (Lipinski definition) is 3. The lowest BCUT2D eigenvalue weighted by Gasteiger charge is -2.17. The summed E-state index contributed by atoms with van der Waals surface area (Å²) >= 11 is 5.89. The molecule has 1 aliphatic rings. The fraction of sp³-hybridized carbons (Fsp3) is 0.500. The van der Waals surface area contributed by atoms with Gasteiger partial charge in [-0.15, -0.1) is 0 Å². The summed E-state index contributed by atoms with van der Waals surface area (Å²) in [6, 6.07) is 5.29. The average Bonchev–Trinajstić information content (AvgIpc) is 2.73. The van der Waals surface area contributed by atoms with E-state index in [1.54, 1.807) is 25.1 Å². The second-order valence-corrected chi connectivity index (χ2v) is 4.40. The second kappa shape index (κ2) is 5.04. The maximum atomic E-state index is 9.63. The van der Waals surface area contributed by atoms with Gasteiger partial charge in [0.1, 0.15) is 11.9 Å². The Labute approximate surface area is 99.9 Å². The minimum absolute atomic E-state index is 0.0821. The third-order valence-corrected chi connectivity index (χ3v) is 2.84. The predicted octanol–water partition coefficient (Wildman–Crippen LogP) is 2.56. The highest BCUT2D eigenvalue weighted by Crippen LogP contribution is 2.29. The van der Waals surface area contributed by atoms with Gasteiger partial charge in [-0.2, -0.15) is 0 Å². The lowest BCUT2D eigenvalue weighted by Crippen LogP contribution is -2.17. The van der Waals surface area contributed by atoms with Gasteiger partial charge in [-0.3, -0.25) is 0 Å². The lowest BCUT2D eigenvalue weighted by molar-refractivity contribution is 0.135. The zero-order valence-corrected chi connectivity index (χ0v) is 9.91. The summed E-state index contributed by atoms with van der Waals surface area (Å²) in [5.41, 5.74) is 0.722. The van der Waals surface area contributed by atoms with Crippen LogP contribution in [-0.2, 0) is 4.74 Å². The van der Waals surface area contributed by atoms with Gasteiger partial charge in [0.05, 0.1) is 19.3 Å². The molecule has 0 aliphatic carbocycles. The molecule has 1 aromatic rings.